The molecular weight excluding hydrogens is 214 g/mol. The number of hydrogen-bond donors (Lipinski definition) is 0. The summed E-state index contributed by atoms with van der Waals surface area (Å²) in [4.78, 5) is 10.3. The van der Waals surface area contributed by atoms with Gasteiger partial charge in [-0.3, -0.25) is 4.79 Å². The molecule has 0 aliphatic rings. The maximum atomic E-state index is 12.8. The first-order valence-electron chi connectivity index (χ1n) is 3.42. The number of halogens is 3. The molecule has 1 rings (SSSR count). The lowest BCUT2D eigenvalue weighted by Crippen LogP contribution is -1.80. The van der Waals surface area contributed by atoms with Crippen LogP contribution in [-0.2, 0) is 4.79 Å². The van der Waals surface area contributed by atoms with E-state index in [0.29, 0.717) is 5.56 Å². The minimum Gasteiger partial charge on any atom is -0.276 e. The zero-order valence-corrected chi connectivity index (χ0v) is 7.94. The molecule has 0 bridgehead atoms. The Morgan fingerprint density at radius 3 is 2.69 bits per heavy atom. The lowest BCUT2D eigenvalue weighted by molar-refractivity contribution is -0.107. The molecule has 4 heteroatoms. The summed E-state index contributed by atoms with van der Waals surface area (Å²) in [6.07, 6.45) is 2.55. The van der Waals surface area contributed by atoms with Crippen LogP contribution in [0, 0.1) is 5.82 Å². The third kappa shape index (κ3) is 3.17. The molecule has 0 spiro atoms. The summed E-state index contributed by atoms with van der Waals surface area (Å²) in [5.41, 5.74) is 0.538. The second kappa shape index (κ2) is 4.40. The van der Waals surface area contributed by atoms with Crippen molar-refractivity contribution in [1.29, 1.82) is 0 Å². The molecule has 0 aliphatic heterocycles. The number of rotatable bonds is 2. The van der Waals surface area contributed by atoms with Crippen molar-refractivity contribution < 1.29 is 9.18 Å². The fraction of sp³-hybridized carbons (Fsp3) is 0. The van der Waals surface area contributed by atoms with Gasteiger partial charge in [0.05, 0.1) is 5.02 Å². The van der Waals surface area contributed by atoms with Crippen LogP contribution in [0.25, 0.3) is 6.08 Å². The second-order valence-corrected chi connectivity index (χ2v) is 3.09. The van der Waals surface area contributed by atoms with Gasteiger partial charge in [0.15, 0.2) is 0 Å². The van der Waals surface area contributed by atoms with Gasteiger partial charge in [-0.1, -0.05) is 23.7 Å². The molecule has 0 heterocycles. The molecule has 0 saturated heterocycles. The first kappa shape index (κ1) is 10.2. The molecule has 0 saturated carbocycles. The molecule has 68 valence electrons. The van der Waals surface area contributed by atoms with Crippen molar-refractivity contribution in [3.63, 3.8) is 0 Å². The van der Waals surface area contributed by atoms with E-state index in [0.717, 1.165) is 6.08 Å². The summed E-state index contributed by atoms with van der Waals surface area (Å²) in [7, 11) is 0. The fourth-order valence-corrected chi connectivity index (χ4v) is 0.958. The Balaban J connectivity index is 2.92. The number of allylic oxidation sites excluding steroid dienone is 1. The van der Waals surface area contributed by atoms with Gasteiger partial charge in [-0.15, -0.1) is 0 Å². The lowest BCUT2D eigenvalue weighted by atomic mass is 10.2. The van der Waals surface area contributed by atoms with Gasteiger partial charge in [0, 0.05) is 0 Å². The standard InChI is InChI=1S/C9H5Cl2FO/c10-7-3-1-6(5-8(7)12)2-4-9(11)13/h1-5H. The third-order valence-corrected chi connectivity index (χ3v) is 1.78. The van der Waals surface area contributed by atoms with Crippen molar-refractivity contribution >= 4 is 34.5 Å². The zero-order chi connectivity index (χ0) is 9.84. The topological polar surface area (TPSA) is 17.1 Å². The van der Waals surface area contributed by atoms with Gasteiger partial charge in [0.1, 0.15) is 5.82 Å². The Hall–Kier alpha value is -0.860. The number of benzene rings is 1. The third-order valence-electron chi connectivity index (χ3n) is 1.35. The minimum absolute atomic E-state index is 0.0503. The van der Waals surface area contributed by atoms with Crippen molar-refractivity contribution in [2.45, 2.75) is 0 Å². The quantitative estimate of drug-likeness (QED) is 0.551. The molecule has 0 amide bonds. The van der Waals surface area contributed by atoms with E-state index < -0.39 is 11.1 Å². The Bertz CT molecular complexity index is 361. The summed E-state index contributed by atoms with van der Waals surface area (Å²) >= 11 is 10.5. The molecule has 0 aliphatic carbocycles. The van der Waals surface area contributed by atoms with E-state index in [9.17, 15) is 9.18 Å². The Labute approximate surface area is 84.8 Å². The van der Waals surface area contributed by atoms with E-state index in [2.05, 4.69) is 0 Å². The number of carbonyl (C=O) groups excluding carboxylic acids is 1. The lowest BCUT2D eigenvalue weighted by Gasteiger charge is -1.95. The summed E-state index contributed by atoms with van der Waals surface area (Å²) < 4.78 is 12.8. The predicted molar refractivity (Wildman–Crippen MR) is 51.3 cm³/mol. The maximum absolute atomic E-state index is 12.8. The van der Waals surface area contributed by atoms with Gasteiger partial charge in [-0.25, -0.2) is 4.39 Å². The van der Waals surface area contributed by atoms with E-state index >= 15 is 0 Å². The highest BCUT2D eigenvalue weighted by Crippen LogP contribution is 2.16. The highest BCUT2D eigenvalue weighted by Gasteiger charge is 1.98. The van der Waals surface area contributed by atoms with Crippen LogP contribution in [0.2, 0.25) is 5.02 Å². The van der Waals surface area contributed by atoms with E-state index in [4.69, 9.17) is 23.2 Å². The van der Waals surface area contributed by atoms with Gasteiger partial charge in [0.25, 0.3) is 0 Å². The molecule has 1 aromatic carbocycles. The highest BCUT2D eigenvalue weighted by atomic mass is 35.5. The maximum Gasteiger partial charge on any atom is 0.245 e. The molecule has 13 heavy (non-hydrogen) atoms. The van der Waals surface area contributed by atoms with Crippen molar-refractivity contribution in [2.75, 3.05) is 0 Å². The van der Waals surface area contributed by atoms with Crippen molar-refractivity contribution in [2.24, 2.45) is 0 Å². The van der Waals surface area contributed by atoms with E-state index in [1.54, 1.807) is 6.07 Å². The van der Waals surface area contributed by atoms with Crippen LogP contribution in [0.3, 0.4) is 0 Å². The molecule has 1 aromatic rings. The van der Waals surface area contributed by atoms with Crippen LogP contribution in [0.15, 0.2) is 24.3 Å². The number of carbonyl (C=O) groups is 1. The summed E-state index contributed by atoms with van der Waals surface area (Å²) in [6, 6.07) is 4.22. The van der Waals surface area contributed by atoms with Gasteiger partial charge < -0.3 is 0 Å². The molecule has 0 fully saturated rings. The van der Waals surface area contributed by atoms with Gasteiger partial charge in [-0.2, -0.15) is 0 Å². The number of hydrogen-bond acceptors (Lipinski definition) is 1. The monoisotopic (exact) mass is 218 g/mol. The van der Waals surface area contributed by atoms with Crippen LogP contribution >= 0.6 is 23.2 Å². The van der Waals surface area contributed by atoms with Gasteiger partial charge in [0.2, 0.25) is 5.24 Å². The SMILES string of the molecule is O=C(Cl)C=Cc1ccc(Cl)c(F)c1. The minimum atomic E-state index is -0.602. The predicted octanol–water partition coefficient (Wildman–Crippen LogP) is 3.26. The van der Waals surface area contributed by atoms with Gasteiger partial charge in [-0.05, 0) is 35.4 Å². The van der Waals surface area contributed by atoms with E-state index in [-0.39, 0.29) is 5.02 Å². The second-order valence-electron chi connectivity index (χ2n) is 2.31. The molecular formula is C9H5Cl2FO. The van der Waals surface area contributed by atoms with Crippen LogP contribution in [0.5, 0.6) is 0 Å². The molecule has 0 radical (unpaired) electrons. The van der Waals surface area contributed by atoms with Crippen molar-refractivity contribution in [3.8, 4) is 0 Å². The Morgan fingerprint density at radius 1 is 1.46 bits per heavy atom. The summed E-state index contributed by atoms with van der Waals surface area (Å²) in [6.45, 7) is 0. The van der Waals surface area contributed by atoms with Gasteiger partial charge >= 0.3 is 0 Å². The average Bonchev–Trinajstić information content (AvgIpc) is 2.07. The molecule has 0 unspecified atom stereocenters. The smallest absolute Gasteiger partial charge is 0.245 e. The highest BCUT2D eigenvalue weighted by molar-refractivity contribution is 6.66. The normalized spacial score (nSPS) is 10.7. The van der Waals surface area contributed by atoms with Crippen molar-refractivity contribution in [3.05, 3.63) is 40.7 Å². The van der Waals surface area contributed by atoms with Crippen LogP contribution < -0.4 is 0 Å². The van der Waals surface area contributed by atoms with Crippen LogP contribution in [0.1, 0.15) is 5.56 Å². The molecule has 0 N–H and O–H groups in total. The summed E-state index contributed by atoms with van der Waals surface area (Å²) in [5, 5.41) is -0.551. The van der Waals surface area contributed by atoms with Crippen LogP contribution in [-0.4, -0.2) is 5.24 Å². The molecule has 0 atom stereocenters. The molecule has 1 nitrogen and oxygen atoms in total. The zero-order valence-electron chi connectivity index (χ0n) is 6.43. The average molecular weight is 219 g/mol. The largest absolute Gasteiger partial charge is 0.276 e. The summed E-state index contributed by atoms with van der Waals surface area (Å²) in [5.74, 6) is -0.522. The van der Waals surface area contributed by atoms with Crippen LogP contribution in [0.4, 0.5) is 4.39 Å². The molecule has 0 aromatic heterocycles. The fourth-order valence-electron chi connectivity index (χ4n) is 0.778. The van der Waals surface area contributed by atoms with E-state index in [1.807, 2.05) is 0 Å². The first-order chi connectivity index (χ1) is 6.09. The Morgan fingerprint density at radius 2 is 2.15 bits per heavy atom. The van der Waals surface area contributed by atoms with E-state index in [1.165, 1.54) is 18.2 Å². The first-order valence-corrected chi connectivity index (χ1v) is 4.18. The Kier molecular flexibility index (Phi) is 3.46. The van der Waals surface area contributed by atoms with Crippen molar-refractivity contribution in [1.82, 2.24) is 0 Å².